The molecule has 0 aliphatic heterocycles. The van der Waals surface area contributed by atoms with Crippen molar-refractivity contribution < 1.29 is 8.42 Å². The summed E-state index contributed by atoms with van der Waals surface area (Å²) < 4.78 is 28.5. The fourth-order valence-electron chi connectivity index (χ4n) is 1.63. The number of halogens is 1. The largest absolute Gasteiger partial charge is 0.279 e. The van der Waals surface area contributed by atoms with Crippen LogP contribution in [0.15, 0.2) is 16.6 Å². The van der Waals surface area contributed by atoms with E-state index in [1.807, 2.05) is 6.26 Å². The summed E-state index contributed by atoms with van der Waals surface area (Å²) in [5.74, 6) is 1.03. The number of fused-ring (bicyclic) bond motifs is 1. The van der Waals surface area contributed by atoms with Crippen molar-refractivity contribution in [3.8, 4) is 0 Å². The third-order valence-corrected chi connectivity index (χ3v) is 5.81. The van der Waals surface area contributed by atoms with Crippen molar-refractivity contribution in [3.63, 3.8) is 0 Å². The molecule has 106 valence electrons. The van der Waals surface area contributed by atoms with Crippen LogP contribution >= 0.6 is 34.7 Å². The smallest absolute Gasteiger partial charge is 0.259 e. The number of rotatable bonds is 7. The van der Waals surface area contributed by atoms with Crippen LogP contribution in [0.25, 0.3) is 4.96 Å². The molecule has 5 nitrogen and oxygen atoms in total. The summed E-state index contributed by atoms with van der Waals surface area (Å²) >= 11 is 9.01. The van der Waals surface area contributed by atoms with Crippen molar-refractivity contribution in [2.24, 2.45) is 0 Å². The normalized spacial score (nSPS) is 12.3. The van der Waals surface area contributed by atoms with E-state index in [1.54, 1.807) is 23.3 Å². The van der Waals surface area contributed by atoms with E-state index < -0.39 is 10.0 Å². The number of imidazole rings is 1. The molecule has 0 amide bonds. The van der Waals surface area contributed by atoms with Crippen LogP contribution in [0.3, 0.4) is 0 Å². The first-order valence-corrected chi connectivity index (χ1v) is 9.79. The second-order valence-corrected chi connectivity index (χ2v) is 7.76. The number of thiazole rings is 1. The monoisotopic (exact) mass is 339 g/mol. The first kappa shape index (κ1) is 15.1. The van der Waals surface area contributed by atoms with E-state index in [4.69, 9.17) is 11.6 Å². The van der Waals surface area contributed by atoms with E-state index in [0.717, 1.165) is 18.6 Å². The molecule has 1 N–H and O–H groups in total. The molecule has 0 spiro atoms. The van der Waals surface area contributed by atoms with Gasteiger partial charge in [0.2, 0.25) is 0 Å². The molecule has 0 atom stereocenters. The van der Waals surface area contributed by atoms with Gasteiger partial charge in [-0.25, -0.2) is 18.1 Å². The van der Waals surface area contributed by atoms with Crippen LogP contribution in [0.1, 0.15) is 12.8 Å². The van der Waals surface area contributed by atoms with Crippen LogP contribution < -0.4 is 4.72 Å². The Hall–Kier alpha value is -0.280. The topological polar surface area (TPSA) is 63.5 Å². The minimum atomic E-state index is -3.61. The third-order valence-electron chi connectivity index (χ3n) is 2.50. The van der Waals surface area contributed by atoms with Crippen molar-refractivity contribution in [1.82, 2.24) is 14.1 Å². The Kier molecular flexibility index (Phi) is 5.13. The quantitative estimate of drug-likeness (QED) is 0.787. The zero-order valence-electron chi connectivity index (χ0n) is 10.3. The van der Waals surface area contributed by atoms with Crippen LogP contribution in [0.5, 0.6) is 0 Å². The lowest BCUT2D eigenvalue weighted by molar-refractivity contribution is 0.574. The Morgan fingerprint density at radius 3 is 3.05 bits per heavy atom. The minimum absolute atomic E-state index is 0.0171. The Labute approximate surface area is 125 Å². The van der Waals surface area contributed by atoms with Gasteiger partial charge in [-0.1, -0.05) is 11.6 Å². The molecule has 0 aromatic carbocycles. The maximum atomic E-state index is 12.2. The average molecular weight is 340 g/mol. The number of nitrogens with one attached hydrogen (secondary N) is 1. The summed E-state index contributed by atoms with van der Waals surface area (Å²) in [6, 6.07) is 0. The van der Waals surface area contributed by atoms with Crippen molar-refractivity contribution in [2.75, 3.05) is 18.6 Å². The summed E-state index contributed by atoms with van der Waals surface area (Å²) in [6.45, 7) is 0.413. The van der Waals surface area contributed by atoms with Gasteiger partial charge in [0.05, 0.1) is 0 Å². The van der Waals surface area contributed by atoms with Crippen LogP contribution in [0.2, 0.25) is 5.15 Å². The summed E-state index contributed by atoms with van der Waals surface area (Å²) in [5.41, 5.74) is 0. The molecule has 0 unspecified atom stereocenters. The zero-order chi connectivity index (χ0) is 13.9. The van der Waals surface area contributed by atoms with Gasteiger partial charge in [0.15, 0.2) is 15.1 Å². The van der Waals surface area contributed by atoms with Gasteiger partial charge < -0.3 is 0 Å². The highest BCUT2D eigenvalue weighted by molar-refractivity contribution is 7.98. The summed E-state index contributed by atoms with van der Waals surface area (Å²) in [5, 5.41) is 1.81. The molecule has 0 saturated heterocycles. The van der Waals surface area contributed by atoms with E-state index in [1.165, 1.54) is 15.7 Å². The molecule has 2 heterocycles. The number of hydrogen-bond acceptors (Lipinski definition) is 5. The lowest BCUT2D eigenvalue weighted by atomic mass is 10.3. The Morgan fingerprint density at radius 2 is 2.32 bits per heavy atom. The van der Waals surface area contributed by atoms with Gasteiger partial charge in [-0.3, -0.25) is 4.40 Å². The average Bonchev–Trinajstić information content (AvgIpc) is 2.87. The summed E-state index contributed by atoms with van der Waals surface area (Å²) in [4.78, 5) is 4.60. The molecular weight excluding hydrogens is 326 g/mol. The fraction of sp³-hybridized carbons (Fsp3) is 0.500. The molecule has 9 heteroatoms. The van der Waals surface area contributed by atoms with E-state index in [9.17, 15) is 8.42 Å². The number of unbranched alkanes of at least 4 members (excludes halogenated alkanes) is 1. The van der Waals surface area contributed by atoms with Gasteiger partial charge in [-0.15, -0.1) is 11.3 Å². The third kappa shape index (κ3) is 3.43. The Bertz CT molecular complexity index is 650. The molecule has 2 aromatic heterocycles. The number of sulfonamides is 1. The van der Waals surface area contributed by atoms with E-state index in [-0.39, 0.29) is 10.2 Å². The van der Waals surface area contributed by atoms with E-state index in [2.05, 4.69) is 9.71 Å². The number of aromatic nitrogens is 2. The molecule has 0 radical (unpaired) electrons. The van der Waals surface area contributed by atoms with Crippen molar-refractivity contribution in [2.45, 2.75) is 17.9 Å². The second-order valence-electron chi connectivity index (χ2n) is 3.86. The molecular formula is C10H14ClN3O2S3. The van der Waals surface area contributed by atoms with Crippen LogP contribution in [0.4, 0.5) is 0 Å². The lowest BCUT2D eigenvalue weighted by Crippen LogP contribution is -2.26. The predicted molar refractivity (Wildman–Crippen MR) is 80.9 cm³/mol. The first-order chi connectivity index (χ1) is 9.06. The maximum Gasteiger partial charge on any atom is 0.259 e. The molecule has 0 fully saturated rings. The second kappa shape index (κ2) is 6.45. The van der Waals surface area contributed by atoms with Crippen LogP contribution in [-0.4, -0.2) is 36.4 Å². The zero-order valence-corrected chi connectivity index (χ0v) is 13.5. The van der Waals surface area contributed by atoms with Gasteiger partial charge in [-0.2, -0.15) is 11.8 Å². The van der Waals surface area contributed by atoms with Gasteiger partial charge in [0, 0.05) is 18.1 Å². The molecule has 0 aliphatic carbocycles. The first-order valence-electron chi connectivity index (χ1n) is 5.66. The molecule has 19 heavy (non-hydrogen) atoms. The van der Waals surface area contributed by atoms with E-state index >= 15 is 0 Å². The molecule has 2 rings (SSSR count). The predicted octanol–water partition coefficient (Wildman–Crippen LogP) is 2.47. The van der Waals surface area contributed by atoms with Gasteiger partial charge in [0.1, 0.15) is 0 Å². The van der Waals surface area contributed by atoms with Crippen LogP contribution in [0, 0.1) is 0 Å². The molecule has 0 aliphatic rings. The number of nitrogens with zero attached hydrogens (tertiary/aromatic N) is 2. The van der Waals surface area contributed by atoms with E-state index in [0.29, 0.717) is 11.5 Å². The standard InChI is InChI=1S/C10H14ClN3O2S3/c1-17-6-3-2-4-12-19(15,16)9-8(11)13-10-14(9)5-7-18-10/h5,7,12H,2-4,6H2,1H3. The fourth-order valence-corrected chi connectivity index (χ4v) is 4.64. The highest BCUT2D eigenvalue weighted by Crippen LogP contribution is 2.25. The molecule has 2 aromatic rings. The lowest BCUT2D eigenvalue weighted by Gasteiger charge is -2.05. The summed E-state index contributed by atoms with van der Waals surface area (Å²) in [7, 11) is -3.61. The van der Waals surface area contributed by atoms with Crippen molar-refractivity contribution in [3.05, 3.63) is 16.7 Å². The molecule has 0 bridgehead atoms. The highest BCUT2D eigenvalue weighted by Gasteiger charge is 2.24. The Morgan fingerprint density at radius 1 is 1.53 bits per heavy atom. The van der Waals surface area contributed by atoms with Gasteiger partial charge in [0.25, 0.3) is 10.0 Å². The highest BCUT2D eigenvalue weighted by atomic mass is 35.5. The van der Waals surface area contributed by atoms with Crippen molar-refractivity contribution >= 4 is 49.7 Å². The summed E-state index contributed by atoms with van der Waals surface area (Å²) in [6.07, 6.45) is 5.48. The van der Waals surface area contributed by atoms with Gasteiger partial charge >= 0.3 is 0 Å². The SMILES string of the molecule is CSCCCCNS(=O)(=O)c1c(Cl)nc2sccn12. The van der Waals surface area contributed by atoms with Crippen molar-refractivity contribution in [1.29, 1.82) is 0 Å². The number of hydrogen-bond donors (Lipinski definition) is 1. The van der Waals surface area contributed by atoms with Gasteiger partial charge in [-0.05, 0) is 24.9 Å². The molecule has 0 saturated carbocycles. The van der Waals surface area contributed by atoms with Crippen LogP contribution in [-0.2, 0) is 10.0 Å². The Balaban J connectivity index is 2.11. The maximum absolute atomic E-state index is 12.2. The minimum Gasteiger partial charge on any atom is -0.279 e. The number of thioether (sulfide) groups is 1.